The minimum absolute atomic E-state index is 0.0888. The molecule has 10 heteroatoms. The summed E-state index contributed by atoms with van der Waals surface area (Å²) in [6, 6.07) is 24.2. The number of sulfonamides is 1. The molecule has 0 unspecified atom stereocenters. The highest BCUT2D eigenvalue weighted by molar-refractivity contribution is 7.89. The van der Waals surface area contributed by atoms with Crippen molar-refractivity contribution in [1.29, 1.82) is 10.8 Å². The lowest BCUT2D eigenvalue weighted by atomic mass is 10.1. The Bertz CT molecular complexity index is 1590. The Balaban J connectivity index is 1.36. The van der Waals surface area contributed by atoms with Gasteiger partial charge in [0.1, 0.15) is 17.4 Å². The van der Waals surface area contributed by atoms with Gasteiger partial charge in [0.15, 0.2) is 5.82 Å². The van der Waals surface area contributed by atoms with Crippen LogP contribution in [0.3, 0.4) is 0 Å². The standard InChI is InChI=1S/C27H24N6O3S/c1-36-20-12-14-21(15-13-20)37(34,35)31-17-18-8-10-19(11-9-18)25(28)33-24-7-4-16-30-27(24)32-23-6-3-2-5-22(23)26(33)29/h2-16,28-29,31H,17H2,1H3,(H,30,32). The number of hydrogen-bond acceptors (Lipinski definition) is 7. The molecule has 0 atom stereocenters. The number of aromatic nitrogens is 1. The molecule has 0 bridgehead atoms. The van der Waals surface area contributed by atoms with E-state index >= 15 is 0 Å². The summed E-state index contributed by atoms with van der Waals surface area (Å²) < 4.78 is 33.0. The van der Waals surface area contributed by atoms with Crippen LogP contribution in [0.1, 0.15) is 16.7 Å². The van der Waals surface area contributed by atoms with E-state index < -0.39 is 10.0 Å². The van der Waals surface area contributed by atoms with Crippen LogP contribution in [-0.4, -0.2) is 32.2 Å². The van der Waals surface area contributed by atoms with Gasteiger partial charge in [0.2, 0.25) is 10.0 Å². The smallest absolute Gasteiger partial charge is 0.240 e. The fourth-order valence-corrected chi connectivity index (χ4v) is 5.02. The normalized spacial score (nSPS) is 12.7. The number of nitrogens with one attached hydrogen (secondary N) is 4. The Morgan fingerprint density at radius 3 is 2.46 bits per heavy atom. The topological polar surface area (TPSA) is 131 Å². The fraction of sp³-hybridized carbons (Fsp3) is 0.0741. The van der Waals surface area contributed by atoms with Crippen molar-refractivity contribution in [2.24, 2.45) is 0 Å². The van der Waals surface area contributed by atoms with Crippen molar-refractivity contribution in [3.8, 4) is 5.75 Å². The lowest BCUT2D eigenvalue weighted by molar-refractivity contribution is 0.414. The number of pyridine rings is 1. The van der Waals surface area contributed by atoms with Crippen molar-refractivity contribution < 1.29 is 13.2 Å². The Morgan fingerprint density at radius 1 is 1.00 bits per heavy atom. The summed E-state index contributed by atoms with van der Waals surface area (Å²) in [5.74, 6) is 1.37. The summed E-state index contributed by atoms with van der Waals surface area (Å²) in [5.41, 5.74) is 3.27. The average molecular weight is 513 g/mol. The van der Waals surface area contributed by atoms with Crippen molar-refractivity contribution in [1.82, 2.24) is 9.71 Å². The molecule has 4 N–H and O–H groups in total. The molecule has 5 rings (SSSR count). The van der Waals surface area contributed by atoms with E-state index in [9.17, 15) is 8.42 Å². The van der Waals surface area contributed by atoms with E-state index in [1.807, 2.05) is 30.3 Å². The molecule has 0 saturated heterocycles. The summed E-state index contributed by atoms with van der Waals surface area (Å²) in [6.45, 7) is 0.0888. The van der Waals surface area contributed by atoms with Crippen LogP contribution in [0.15, 0.2) is 96.0 Å². The average Bonchev–Trinajstić information content (AvgIpc) is 3.05. The molecular weight excluding hydrogens is 488 g/mol. The summed E-state index contributed by atoms with van der Waals surface area (Å²) in [6.07, 6.45) is 1.66. The number of anilines is 3. The Morgan fingerprint density at radius 2 is 1.73 bits per heavy atom. The SMILES string of the molecule is COc1ccc(S(=O)(=O)NCc2ccc(C(=N)N3C(=N)c4ccccc4Nc4ncccc43)cc2)cc1. The Labute approximate surface area is 214 Å². The summed E-state index contributed by atoms with van der Waals surface area (Å²) in [4.78, 5) is 6.11. The number of ether oxygens (including phenoxy) is 1. The van der Waals surface area contributed by atoms with E-state index in [0.717, 1.165) is 11.3 Å². The first kappa shape index (κ1) is 24.2. The summed E-state index contributed by atoms with van der Waals surface area (Å²) in [7, 11) is -2.18. The van der Waals surface area contributed by atoms with Crippen LogP contribution in [0, 0.1) is 10.8 Å². The number of fused-ring (bicyclic) bond motifs is 2. The van der Waals surface area contributed by atoms with E-state index in [4.69, 9.17) is 15.6 Å². The molecule has 0 radical (unpaired) electrons. The van der Waals surface area contributed by atoms with Gasteiger partial charge in [0.05, 0.1) is 23.4 Å². The quantitative estimate of drug-likeness (QED) is 0.222. The zero-order chi connectivity index (χ0) is 26.0. The van der Waals surface area contributed by atoms with Crippen LogP contribution in [0.25, 0.3) is 0 Å². The molecule has 186 valence electrons. The van der Waals surface area contributed by atoms with Crippen LogP contribution in [-0.2, 0) is 16.6 Å². The van der Waals surface area contributed by atoms with Gasteiger partial charge >= 0.3 is 0 Å². The maximum Gasteiger partial charge on any atom is 0.240 e. The second-order valence-electron chi connectivity index (χ2n) is 8.27. The molecule has 0 spiro atoms. The van der Waals surface area contributed by atoms with Crippen molar-refractivity contribution in [3.63, 3.8) is 0 Å². The number of rotatable bonds is 6. The largest absolute Gasteiger partial charge is 0.497 e. The molecule has 1 aromatic heterocycles. The Hall–Kier alpha value is -4.54. The van der Waals surface area contributed by atoms with E-state index in [1.54, 1.807) is 53.6 Å². The molecule has 37 heavy (non-hydrogen) atoms. The molecule has 0 fully saturated rings. The van der Waals surface area contributed by atoms with Crippen molar-refractivity contribution in [2.45, 2.75) is 11.4 Å². The molecule has 0 amide bonds. The highest BCUT2D eigenvalue weighted by atomic mass is 32.2. The van der Waals surface area contributed by atoms with Gasteiger partial charge in [-0.15, -0.1) is 0 Å². The predicted molar refractivity (Wildman–Crippen MR) is 144 cm³/mol. The monoisotopic (exact) mass is 512 g/mol. The number of para-hydroxylation sites is 1. The van der Waals surface area contributed by atoms with E-state index in [2.05, 4.69) is 15.0 Å². The molecule has 0 aliphatic carbocycles. The maximum absolute atomic E-state index is 12.6. The predicted octanol–water partition coefficient (Wildman–Crippen LogP) is 4.48. The molecule has 0 saturated carbocycles. The van der Waals surface area contributed by atoms with Gasteiger partial charge in [-0.2, -0.15) is 0 Å². The van der Waals surface area contributed by atoms with E-state index in [-0.39, 0.29) is 23.1 Å². The van der Waals surface area contributed by atoms with Crippen LogP contribution >= 0.6 is 0 Å². The van der Waals surface area contributed by atoms with Crippen LogP contribution in [0.4, 0.5) is 17.2 Å². The van der Waals surface area contributed by atoms with Crippen molar-refractivity contribution in [3.05, 3.63) is 108 Å². The van der Waals surface area contributed by atoms with Crippen LogP contribution < -0.4 is 19.7 Å². The van der Waals surface area contributed by atoms with Gasteiger partial charge in [-0.3, -0.25) is 15.7 Å². The maximum atomic E-state index is 12.6. The molecule has 1 aliphatic heterocycles. The second kappa shape index (κ2) is 9.84. The van der Waals surface area contributed by atoms with Gasteiger partial charge in [-0.05, 0) is 54.1 Å². The van der Waals surface area contributed by atoms with Gasteiger partial charge < -0.3 is 10.1 Å². The number of nitrogens with zero attached hydrogens (tertiary/aromatic N) is 2. The van der Waals surface area contributed by atoms with Gasteiger partial charge in [0, 0.05) is 23.9 Å². The lowest BCUT2D eigenvalue weighted by Crippen LogP contribution is -2.36. The molecule has 1 aliphatic rings. The molecular formula is C27H24N6O3S. The Kier molecular flexibility index (Phi) is 6.43. The van der Waals surface area contributed by atoms with Gasteiger partial charge in [-0.25, -0.2) is 18.1 Å². The summed E-state index contributed by atoms with van der Waals surface area (Å²) in [5, 5.41) is 21.1. The highest BCUT2D eigenvalue weighted by Gasteiger charge is 2.28. The van der Waals surface area contributed by atoms with E-state index in [1.165, 1.54) is 19.2 Å². The molecule has 2 heterocycles. The first-order valence-electron chi connectivity index (χ1n) is 11.4. The number of hydrogen-bond donors (Lipinski definition) is 4. The van der Waals surface area contributed by atoms with Gasteiger partial charge in [0.25, 0.3) is 0 Å². The lowest BCUT2D eigenvalue weighted by Gasteiger charge is -2.25. The second-order valence-corrected chi connectivity index (χ2v) is 10.0. The first-order valence-corrected chi connectivity index (χ1v) is 12.9. The minimum Gasteiger partial charge on any atom is -0.497 e. The number of amidine groups is 2. The highest BCUT2D eigenvalue weighted by Crippen LogP contribution is 2.34. The molecule has 4 aromatic rings. The third-order valence-electron chi connectivity index (χ3n) is 5.97. The number of benzene rings is 3. The number of methoxy groups -OCH3 is 1. The first-order chi connectivity index (χ1) is 17.9. The molecule has 9 nitrogen and oxygen atoms in total. The van der Waals surface area contributed by atoms with Crippen LogP contribution in [0.5, 0.6) is 5.75 Å². The van der Waals surface area contributed by atoms with E-state index in [0.29, 0.717) is 28.4 Å². The molecule has 3 aromatic carbocycles. The summed E-state index contributed by atoms with van der Waals surface area (Å²) >= 11 is 0. The van der Waals surface area contributed by atoms with Crippen LogP contribution in [0.2, 0.25) is 0 Å². The third kappa shape index (κ3) is 4.80. The fourth-order valence-electron chi connectivity index (χ4n) is 4.00. The zero-order valence-electron chi connectivity index (χ0n) is 19.9. The van der Waals surface area contributed by atoms with Crippen molar-refractivity contribution >= 4 is 38.9 Å². The van der Waals surface area contributed by atoms with Gasteiger partial charge in [-0.1, -0.05) is 36.4 Å². The minimum atomic E-state index is -3.70. The third-order valence-corrected chi connectivity index (χ3v) is 7.39. The van der Waals surface area contributed by atoms with Crippen molar-refractivity contribution in [2.75, 3.05) is 17.3 Å². The zero-order valence-corrected chi connectivity index (χ0v) is 20.7.